The fourth-order valence-corrected chi connectivity index (χ4v) is 2.12. The average molecular weight is 184 g/mol. The Balaban J connectivity index is 2.28. The second-order valence-corrected chi connectivity index (χ2v) is 4.45. The van der Waals surface area contributed by atoms with Crippen molar-refractivity contribution in [1.29, 1.82) is 0 Å². The lowest BCUT2D eigenvalue weighted by Crippen LogP contribution is -2.36. The molecule has 1 aliphatic heterocycles. The molecule has 0 aromatic rings. The van der Waals surface area contributed by atoms with Gasteiger partial charge in [0, 0.05) is 5.88 Å². The maximum absolute atomic E-state index is 5.73. The van der Waals surface area contributed by atoms with Crippen LogP contribution in [0.3, 0.4) is 0 Å². The van der Waals surface area contributed by atoms with Gasteiger partial charge in [-0.1, -0.05) is 25.2 Å². The van der Waals surface area contributed by atoms with Crippen molar-refractivity contribution in [3.63, 3.8) is 0 Å². The summed E-state index contributed by atoms with van der Waals surface area (Å²) >= 11 is 0. The highest BCUT2D eigenvalue weighted by molar-refractivity contribution is 8.17. The third-order valence-electron chi connectivity index (χ3n) is 1.68. The summed E-state index contributed by atoms with van der Waals surface area (Å²) < 4.78 is 0. The van der Waals surface area contributed by atoms with Crippen molar-refractivity contribution < 1.29 is 0 Å². The van der Waals surface area contributed by atoms with Gasteiger partial charge in [-0.3, -0.25) is 5.32 Å². The molecule has 0 saturated heterocycles. The van der Waals surface area contributed by atoms with Crippen molar-refractivity contribution in [2.45, 2.75) is 19.5 Å². The van der Waals surface area contributed by atoms with Crippen LogP contribution >= 0.6 is 10.5 Å². The predicted octanol–water partition coefficient (Wildman–Crippen LogP) is 1.38. The summed E-state index contributed by atoms with van der Waals surface area (Å²) in [7, 11) is 0.250. The summed E-state index contributed by atoms with van der Waals surface area (Å²) in [6, 6.07) is 0. The van der Waals surface area contributed by atoms with Crippen LogP contribution < -0.4 is 11.1 Å². The summed E-state index contributed by atoms with van der Waals surface area (Å²) in [4.78, 5) is 0. The molecule has 1 rings (SSSR count). The summed E-state index contributed by atoms with van der Waals surface area (Å²) in [5.74, 6) is 0.968. The van der Waals surface area contributed by atoms with Gasteiger partial charge in [0.1, 0.15) is 0 Å². The van der Waals surface area contributed by atoms with Gasteiger partial charge in [0.05, 0.1) is 6.17 Å². The Kier molecular flexibility index (Phi) is 4.29. The smallest absolute Gasteiger partial charge is 0.0549 e. The van der Waals surface area contributed by atoms with E-state index in [1.165, 1.54) is 0 Å². The van der Waals surface area contributed by atoms with Crippen LogP contribution in [0.2, 0.25) is 0 Å². The number of hydrogen-bond acceptors (Lipinski definition) is 2. The molecule has 0 spiro atoms. The molecule has 2 atom stereocenters. The molecule has 0 saturated carbocycles. The zero-order chi connectivity index (χ0) is 8.81. The van der Waals surface area contributed by atoms with E-state index in [0.29, 0.717) is 0 Å². The third-order valence-corrected chi connectivity index (χ3v) is 3.19. The van der Waals surface area contributed by atoms with Crippen LogP contribution in [-0.2, 0) is 0 Å². The molecule has 2 nitrogen and oxygen atoms in total. The van der Waals surface area contributed by atoms with E-state index in [0.717, 1.165) is 12.3 Å². The minimum absolute atomic E-state index is 0.144. The standard InChI is InChI=1S/C9H16N2S/c1-2-9(10)11-8-12-6-4-3-5-7-12/h3-7,9,11H,2,8,10H2,1H3. The normalized spacial score (nSPS) is 23.7. The van der Waals surface area contributed by atoms with Crippen molar-refractivity contribution >= 4 is 15.9 Å². The van der Waals surface area contributed by atoms with Gasteiger partial charge in [-0.05, 0) is 17.2 Å². The number of allylic oxidation sites excluding steroid dienone is 3. The lowest BCUT2D eigenvalue weighted by atomic mass is 10.4. The Bertz CT molecular complexity index is 219. The molecular formula is C9H16N2S. The zero-order valence-electron chi connectivity index (χ0n) is 7.36. The van der Waals surface area contributed by atoms with E-state index in [1.807, 2.05) is 6.08 Å². The highest BCUT2D eigenvalue weighted by Crippen LogP contribution is 2.14. The second kappa shape index (κ2) is 5.30. The van der Waals surface area contributed by atoms with Crippen molar-refractivity contribution in [2.75, 3.05) is 5.88 Å². The molecular weight excluding hydrogens is 168 g/mol. The average Bonchev–Trinajstić information content (AvgIpc) is 2.16. The largest absolute Gasteiger partial charge is 0.316 e. The Morgan fingerprint density at radius 3 is 2.83 bits per heavy atom. The van der Waals surface area contributed by atoms with E-state index >= 15 is 0 Å². The Hall–Kier alpha value is -0.380. The lowest BCUT2D eigenvalue weighted by Gasteiger charge is -2.12. The fraction of sp³-hybridized carbons (Fsp3) is 0.444. The van der Waals surface area contributed by atoms with Crippen LogP contribution in [0.15, 0.2) is 23.6 Å². The minimum atomic E-state index is 0.144. The van der Waals surface area contributed by atoms with E-state index in [4.69, 9.17) is 5.73 Å². The third kappa shape index (κ3) is 3.34. The molecule has 12 heavy (non-hydrogen) atoms. The van der Waals surface area contributed by atoms with Crippen LogP contribution in [0.4, 0.5) is 0 Å². The molecule has 1 aliphatic rings. The van der Waals surface area contributed by atoms with E-state index in [-0.39, 0.29) is 16.6 Å². The molecule has 0 aliphatic carbocycles. The number of hydrogen-bond donors (Lipinski definition) is 2. The van der Waals surface area contributed by atoms with Gasteiger partial charge >= 0.3 is 0 Å². The number of nitrogens with two attached hydrogens (primary N) is 1. The van der Waals surface area contributed by atoms with Crippen LogP contribution in [0, 0.1) is 0 Å². The van der Waals surface area contributed by atoms with Gasteiger partial charge in [0.2, 0.25) is 0 Å². The Morgan fingerprint density at radius 2 is 2.25 bits per heavy atom. The molecule has 0 bridgehead atoms. The Labute approximate surface area is 76.5 Å². The minimum Gasteiger partial charge on any atom is -0.316 e. The summed E-state index contributed by atoms with van der Waals surface area (Å²) in [6.07, 6.45) is 7.34. The topological polar surface area (TPSA) is 38.0 Å². The zero-order valence-corrected chi connectivity index (χ0v) is 8.18. The molecule has 2 unspecified atom stereocenters. The Morgan fingerprint density at radius 1 is 1.42 bits per heavy atom. The quantitative estimate of drug-likeness (QED) is 0.512. The molecule has 3 N–H and O–H groups in total. The first-order valence-corrected chi connectivity index (χ1v) is 5.70. The summed E-state index contributed by atoms with van der Waals surface area (Å²) in [5, 5.41) is 7.68. The van der Waals surface area contributed by atoms with Crippen LogP contribution in [-0.4, -0.2) is 17.4 Å². The van der Waals surface area contributed by atoms with Crippen molar-refractivity contribution in [2.24, 2.45) is 5.73 Å². The van der Waals surface area contributed by atoms with Crippen molar-refractivity contribution in [3.8, 4) is 0 Å². The number of rotatable bonds is 4. The molecule has 0 amide bonds. The first-order chi connectivity index (χ1) is 5.83. The van der Waals surface area contributed by atoms with Gasteiger partial charge in [0.25, 0.3) is 0 Å². The van der Waals surface area contributed by atoms with E-state index in [9.17, 15) is 0 Å². The summed E-state index contributed by atoms with van der Waals surface area (Å²) in [5.41, 5.74) is 5.73. The predicted molar refractivity (Wildman–Crippen MR) is 58.2 cm³/mol. The van der Waals surface area contributed by atoms with Gasteiger partial charge in [-0.15, -0.1) is 10.5 Å². The van der Waals surface area contributed by atoms with Gasteiger partial charge < -0.3 is 5.73 Å². The van der Waals surface area contributed by atoms with E-state index in [1.54, 1.807) is 0 Å². The van der Waals surface area contributed by atoms with Crippen LogP contribution in [0.1, 0.15) is 13.3 Å². The van der Waals surface area contributed by atoms with Crippen LogP contribution in [0.5, 0.6) is 0 Å². The van der Waals surface area contributed by atoms with Crippen molar-refractivity contribution in [1.82, 2.24) is 5.32 Å². The maximum atomic E-state index is 5.73. The molecule has 1 heterocycles. The first kappa shape index (κ1) is 9.71. The first-order valence-electron chi connectivity index (χ1n) is 4.18. The summed E-state index contributed by atoms with van der Waals surface area (Å²) in [6.45, 7) is 2.08. The maximum Gasteiger partial charge on any atom is 0.0549 e. The second-order valence-electron chi connectivity index (χ2n) is 2.68. The number of nitrogens with one attached hydrogen (secondary N) is 1. The van der Waals surface area contributed by atoms with E-state index < -0.39 is 0 Å². The molecule has 3 heteroatoms. The molecule has 0 fully saturated rings. The van der Waals surface area contributed by atoms with Crippen molar-refractivity contribution in [3.05, 3.63) is 23.6 Å². The lowest BCUT2D eigenvalue weighted by molar-refractivity contribution is 0.559. The highest BCUT2D eigenvalue weighted by Gasteiger charge is 1.97. The highest BCUT2D eigenvalue weighted by atomic mass is 32.2. The molecule has 0 radical (unpaired) electrons. The SMILES string of the molecule is CCC(N)NCS1=CC=CC=C1. The molecule has 0 aromatic heterocycles. The van der Waals surface area contributed by atoms with Gasteiger partial charge in [-0.2, -0.15) is 0 Å². The van der Waals surface area contributed by atoms with E-state index in [2.05, 4.69) is 35.2 Å². The molecule has 68 valence electrons. The van der Waals surface area contributed by atoms with Crippen LogP contribution in [0.25, 0.3) is 0 Å². The molecule has 0 aromatic carbocycles. The monoisotopic (exact) mass is 184 g/mol. The van der Waals surface area contributed by atoms with Gasteiger partial charge in [-0.25, -0.2) is 0 Å². The fourth-order valence-electron chi connectivity index (χ4n) is 0.846. The van der Waals surface area contributed by atoms with Gasteiger partial charge in [0.15, 0.2) is 0 Å².